The van der Waals surface area contributed by atoms with Crippen LogP contribution >= 0.6 is 58.0 Å². The lowest BCUT2D eigenvalue weighted by Gasteiger charge is -2.10. The molecule has 0 aromatic heterocycles. The van der Waals surface area contributed by atoms with Crippen molar-refractivity contribution in [1.29, 1.82) is 0 Å². The molecule has 1 fully saturated rings. The number of amides is 2. The first-order valence-corrected chi connectivity index (χ1v) is 10.5. The Kier molecular flexibility index (Phi) is 7.23. The average Bonchev–Trinajstić information content (AvgIpc) is 3.25. The van der Waals surface area contributed by atoms with Gasteiger partial charge in [-0.05, 0) is 42.0 Å². The number of benzene rings is 2. The van der Waals surface area contributed by atoms with Crippen molar-refractivity contribution in [3.05, 3.63) is 75.2 Å². The normalized spacial score (nSPS) is 19.1. The molecule has 0 bridgehead atoms. The maximum Gasteiger partial charge on any atom is 0.276 e. The quantitative estimate of drug-likeness (QED) is 0.208. The molecule has 0 radical (unpaired) electrons. The Morgan fingerprint density at radius 2 is 1.77 bits per heavy atom. The molecule has 1 aliphatic rings. The zero-order valence-corrected chi connectivity index (χ0v) is 19.0. The highest BCUT2D eigenvalue weighted by Crippen LogP contribution is 2.65. The van der Waals surface area contributed by atoms with Crippen LogP contribution in [-0.2, 0) is 9.63 Å². The van der Waals surface area contributed by atoms with E-state index in [1.807, 2.05) is 0 Å². The minimum atomic E-state index is -1.32. The molecule has 30 heavy (non-hydrogen) atoms. The number of nitrogens with one attached hydrogen (secondary N) is 2. The van der Waals surface area contributed by atoms with Gasteiger partial charge in [0, 0.05) is 21.7 Å². The maximum atomic E-state index is 12.8. The van der Waals surface area contributed by atoms with Gasteiger partial charge in [0.25, 0.3) is 5.91 Å². The first-order chi connectivity index (χ1) is 14.1. The minimum absolute atomic E-state index is 0.121. The molecule has 3 rings (SSSR count). The lowest BCUT2D eigenvalue weighted by molar-refractivity contribution is -0.117. The van der Waals surface area contributed by atoms with Crippen molar-refractivity contribution in [3.8, 4) is 0 Å². The van der Waals surface area contributed by atoms with Crippen molar-refractivity contribution >= 4 is 75.5 Å². The summed E-state index contributed by atoms with van der Waals surface area (Å²) >= 11 is 30.9. The predicted molar refractivity (Wildman–Crippen MR) is 121 cm³/mol. The molecule has 2 aromatic rings. The van der Waals surface area contributed by atoms with E-state index in [9.17, 15) is 9.59 Å². The number of hydrogen-bond acceptors (Lipinski definition) is 3. The molecule has 1 saturated carbocycles. The molecule has 158 valence electrons. The summed E-state index contributed by atoms with van der Waals surface area (Å²) in [5.74, 6) is -2.21. The van der Waals surface area contributed by atoms with Crippen molar-refractivity contribution < 1.29 is 14.4 Å². The summed E-state index contributed by atoms with van der Waals surface area (Å²) in [7, 11) is 0. The summed E-state index contributed by atoms with van der Waals surface area (Å²) in [5, 5.41) is 3.73. The van der Waals surface area contributed by atoms with E-state index in [-0.39, 0.29) is 17.2 Å². The number of hydroxylamine groups is 1. The van der Waals surface area contributed by atoms with Gasteiger partial charge in [0.2, 0.25) is 5.91 Å². The van der Waals surface area contributed by atoms with E-state index in [0.29, 0.717) is 21.3 Å². The molecule has 0 heterocycles. The molecule has 2 unspecified atom stereocenters. The third-order valence-electron chi connectivity index (χ3n) is 4.42. The highest BCUT2D eigenvalue weighted by Gasteiger charge is 2.67. The van der Waals surface area contributed by atoms with Crippen molar-refractivity contribution in [1.82, 2.24) is 5.48 Å². The first-order valence-electron chi connectivity index (χ1n) is 8.62. The van der Waals surface area contributed by atoms with E-state index < -0.39 is 28.0 Å². The van der Waals surface area contributed by atoms with E-state index in [1.165, 1.54) is 18.2 Å². The second-order valence-electron chi connectivity index (χ2n) is 6.55. The molecule has 2 N–H and O–H groups in total. The van der Waals surface area contributed by atoms with E-state index in [4.69, 9.17) is 62.8 Å². The van der Waals surface area contributed by atoms with Gasteiger partial charge in [-0.15, -0.1) is 29.8 Å². The van der Waals surface area contributed by atoms with Gasteiger partial charge in [-0.3, -0.25) is 14.4 Å². The van der Waals surface area contributed by atoms with E-state index >= 15 is 0 Å². The van der Waals surface area contributed by atoms with Gasteiger partial charge < -0.3 is 5.32 Å². The largest absolute Gasteiger partial charge is 0.326 e. The van der Waals surface area contributed by atoms with Crippen LogP contribution in [-0.4, -0.2) is 22.8 Å². The Morgan fingerprint density at radius 1 is 1.10 bits per heavy atom. The molecule has 2 amide bonds. The monoisotopic (exact) mass is 506 g/mol. The van der Waals surface area contributed by atoms with Gasteiger partial charge in [-0.2, -0.15) is 0 Å². The Balaban J connectivity index is 1.75. The smallest absolute Gasteiger partial charge is 0.276 e. The highest BCUT2D eigenvalue weighted by molar-refractivity contribution is 6.53. The number of halogens is 5. The molecule has 10 heteroatoms. The fourth-order valence-electron chi connectivity index (χ4n) is 3.04. The molecule has 1 aliphatic carbocycles. The van der Waals surface area contributed by atoms with Gasteiger partial charge >= 0.3 is 0 Å². The van der Waals surface area contributed by atoms with Crippen molar-refractivity contribution in [2.24, 2.45) is 5.92 Å². The number of hydrogen-bond donors (Lipinski definition) is 2. The van der Waals surface area contributed by atoms with Crippen LogP contribution in [0.4, 0.5) is 5.69 Å². The van der Waals surface area contributed by atoms with Crippen LogP contribution in [0.5, 0.6) is 0 Å². The van der Waals surface area contributed by atoms with Gasteiger partial charge in [-0.25, -0.2) is 5.48 Å². The predicted octanol–water partition coefficient (Wildman–Crippen LogP) is 6.02. The maximum absolute atomic E-state index is 12.8. The summed E-state index contributed by atoms with van der Waals surface area (Å²) < 4.78 is -1.32. The number of anilines is 1. The highest BCUT2D eigenvalue weighted by atomic mass is 35.5. The van der Waals surface area contributed by atoms with Crippen molar-refractivity contribution in [2.45, 2.75) is 10.3 Å². The van der Waals surface area contributed by atoms with Gasteiger partial charge in [0.05, 0.1) is 23.1 Å². The fourth-order valence-corrected chi connectivity index (χ4v) is 4.62. The lowest BCUT2D eigenvalue weighted by Crippen LogP contribution is -2.24. The Labute approximate surface area is 198 Å². The van der Waals surface area contributed by atoms with Gasteiger partial charge in [0.15, 0.2) is 0 Å². The number of rotatable bonds is 7. The van der Waals surface area contributed by atoms with Crippen LogP contribution in [0.15, 0.2) is 49.1 Å². The molecular weight excluding hydrogens is 493 g/mol. The number of alkyl halides is 2. The average molecular weight is 509 g/mol. The van der Waals surface area contributed by atoms with Crippen LogP contribution in [0.2, 0.25) is 15.1 Å². The molecule has 0 spiro atoms. The second kappa shape index (κ2) is 9.35. The summed E-state index contributed by atoms with van der Waals surface area (Å²) in [4.78, 5) is 29.9. The van der Waals surface area contributed by atoms with E-state index in [2.05, 4.69) is 17.4 Å². The molecule has 2 atom stereocenters. The molecule has 2 aromatic carbocycles. The van der Waals surface area contributed by atoms with Crippen LogP contribution in [0.1, 0.15) is 21.8 Å². The van der Waals surface area contributed by atoms with E-state index in [1.54, 1.807) is 24.3 Å². The van der Waals surface area contributed by atoms with Crippen LogP contribution in [0.3, 0.4) is 0 Å². The zero-order valence-electron chi connectivity index (χ0n) is 15.2. The molecule has 5 nitrogen and oxygen atoms in total. The minimum Gasteiger partial charge on any atom is -0.326 e. The topological polar surface area (TPSA) is 67.4 Å². The fraction of sp³-hybridized carbons (Fsp3) is 0.200. The van der Waals surface area contributed by atoms with Crippen molar-refractivity contribution in [2.75, 3.05) is 11.9 Å². The molecule has 0 saturated heterocycles. The lowest BCUT2D eigenvalue weighted by atomic mass is 10.1. The van der Waals surface area contributed by atoms with Gasteiger partial charge in [-0.1, -0.05) is 40.9 Å². The SMILES string of the molecule is C=CCONC(=O)c1cc(NC(=O)C2C(c3cc(Cl)cc(Cl)c3)C2(Cl)Cl)ccc1Cl. The Hall–Kier alpha value is -1.47. The van der Waals surface area contributed by atoms with Gasteiger partial charge in [0.1, 0.15) is 4.33 Å². The molecule has 0 aliphatic heterocycles. The Morgan fingerprint density at radius 3 is 2.40 bits per heavy atom. The zero-order chi connectivity index (χ0) is 22.1. The van der Waals surface area contributed by atoms with E-state index in [0.717, 1.165) is 0 Å². The first kappa shape index (κ1) is 23.2. The number of carbonyl (C=O) groups is 2. The van der Waals surface area contributed by atoms with Crippen LogP contribution in [0, 0.1) is 5.92 Å². The second-order valence-corrected chi connectivity index (χ2v) is 9.27. The summed E-state index contributed by atoms with van der Waals surface area (Å²) in [6, 6.07) is 9.37. The standard InChI is InChI=1S/C20H15Cl5N2O3/c1-2-5-30-27-18(28)14-9-13(3-4-15(14)23)26-19(29)17-16(20(17,24)25)10-6-11(21)8-12(22)7-10/h2-4,6-9,16-17H,1,5H2,(H,26,29)(H,27,28). The van der Waals surface area contributed by atoms with Crippen LogP contribution < -0.4 is 10.8 Å². The number of carbonyl (C=O) groups excluding carboxylic acids is 2. The van der Waals surface area contributed by atoms with Crippen LogP contribution in [0.25, 0.3) is 0 Å². The summed E-state index contributed by atoms with van der Waals surface area (Å²) in [6.07, 6.45) is 1.47. The van der Waals surface area contributed by atoms with Crippen molar-refractivity contribution in [3.63, 3.8) is 0 Å². The third-order valence-corrected chi connectivity index (χ3v) is 6.13. The third kappa shape index (κ3) is 5.05. The molecular formula is C20H15Cl5N2O3. The summed E-state index contributed by atoms with van der Waals surface area (Å²) in [5.41, 5.74) is 3.36. The Bertz CT molecular complexity index is 992. The summed E-state index contributed by atoms with van der Waals surface area (Å²) in [6.45, 7) is 3.61.